The largest absolute Gasteiger partial charge is 0.508 e. The molecule has 2 aromatic rings. The quantitative estimate of drug-likeness (QED) is 0.316. The van der Waals surface area contributed by atoms with Crippen LogP contribution in [-0.4, -0.2) is 47.2 Å². The summed E-state index contributed by atoms with van der Waals surface area (Å²) in [6.07, 6.45) is 4.14. The number of aromatic hydroxyl groups is 1. The molecule has 1 atom stereocenters. The Morgan fingerprint density at radius 1 is 1.16 bits per heavy atom. The van der Waals surface area contributed by atoms with E-state index in [1.54, 1.807) is 58.1 Å². The average molecular weight is 648 g/mol. The van der Waals surface area contributed by atoms with Gasteiger partial charge in [-0.25, -0.2) is 9.78 Å². The Morgan fingerprint density at radius 3 is 2.71 bits per heavy atom. The highest BCUT2D eigenvalue weighted by atomic mass is 127. The molecule has 3 rings (SSSR count). The van der Waals surface area contributed by atoms with Crippen LogP contribution in [-0.2, 0) is 19.0 Å². The number of phenolic OH excluding ortho intramolecular Hbond substituents is 1. The number of fused-ring (bicyclic) bond motifs is 1. The second-order valence-corrected chi connectivity index (χ2v) is 8.35. The van der Waals surface area contributed by atoms with E-state index in [0.29, 0.717) is 31.5 Å². The summed E-state index contributed by atoms with van der Waals surface area (Å²) in [6, 6.07) is 11.2. The van der Waals surface area contributed by atoms with E-state index in [2.05, 4.69) is 9.88 Å². The van der Waals surface area contributed by atoms with Crippen molar-refractivity contribution in [3.63, 3.8) is 0 Å². The van der Waals surface area contributed by atoms with E-state index in [4.69, 9.17) is 6.13 Å². The highest BCUT2D eigenvalue weighted by Crippen LogP contribution is 2.34. The number of para-hydroxylation sites is 1. The summed E-state index contributed by atoms with van der Waals surface area (Å²) in [5.74, 6) is -0.378. The molecule has 1 aliphatic carbocycles. The third-order valence-corrected chi connectivity index (χ3v) is 6.44. The standard InChI is InChI=1S/C21H23BI2N2O5/c23-30-20(28)17-9-8-15-16(25-17)5-3-6-18(15)26(13-11-22-21(29)31-24)12-10-14-4-1-2-7-19(14)27/h1-2,4,7-9,18,22,27H,3,5-6,10-13H2. The minimum Gasteiger partial charge on any atom is -0.508 e. The van der Waals surface area contributed by atoms with Crippen LogP contribution in [0.25, 0.3) is 0 Å². The Morgan fingerprint density at radius 2 is 1.97 bits per heavy atom. The van der Waals surface area contributed by atoms with Crippen LogP contribution in [0.3, 0.4) is 0 Å². The van der Waals surface area contributed by atoms with Gasteiger partial charge in [0.15, 0.2) is 46.0 Å². The molecule has 1 N–H and O–H groups in total. The zero-order valence-corrected chi connectivity index (χ0v) is 21.2. The van der Waals surface area contributed by atoms with Crippen molar-refractivity contribution in [1.29, 1.82) is 0 Å². The Hall–Kier alpha value is -1.41. The maximum Gasteiger partial charge on any atom is 0.366 e. The van der Waals surface area contributed by atoms with Crippen molar-refractivity contribution in [2.75, 3.05) is 13.1 Å². The Bertz CT molecular complexity index is 930. The molecule has 1 aromatic heterocycles. The number of hydrogen-bond donors (Lipinski definition) is 1. The van der Waals surface area contributed by atoms with Gasteiger partial charge in [0, 0.05) is 18.3 Å². The summed E-state index contributed by atoms with van der Waals surface area (Å²) < 4.78 is 9.53. The molecule has 0 bridgehead atoms. The second-order valence-electron chi connectivity index (χ2n) is 7.47. The molecule has 164 valence electrons. The van der Waals surface area contributed by atoms with Gasteiger partial charge in [-0.2, -0.15) is 0 Å². The van der Waals surface area contributed by atoms with Gasteiger partial charge < -0.3 is 11.2 Å². The molecule has 1 unspecified atom stereocenters. The molecule has 0 fully saturated rings. The number of pyridine rings is 1. The fourth-order valence-electron chi connectivity index (χ4n) is 4.04. The van der Waals surface area contributed by atoms with Crippen molar-refractivity contribution in [3.05, 3.63) is 58.9 Å². The molecule has 7 nitrogen and oxygen atoms in total. The summed E-state index contributed by atoms with van der Waals surface area (Å²) in [5, 5.41) is 10.1. The molecule has 1 aromatic carbocycles. The highest BCUT2D eigenvalue weighted by Gasteiger charge is 2.28. The lowest BCUT2D eigenvalue weighted by Gasteiger charge is -2.35. The number of aromatic nitrogens is 1. The molecule has 0 radical (unpaired) electrons. The summed E-state index contributed by atoms with van der Waals surface area (Å²) in [6.45, 7) is 1.46. The van der Waals surface area contributed by atoms with Gasteiger partial charge in [0.25, 0.3) is 13.1 Å². The maximum absolute atomic E-state index is 11.9. The number of aryl methyl sites for hydroxylation is 1. The maximum atomic E-state index is 11.9. The number of carbonyl (C=O) groups excluding carboxylic acids is 2. The summed E-state index contributed by atoms with van der Waals surface area (Å²) >= 11 is 3.19. The first-order valence-electron chi connectivity index (χ1n) is 10.2. The molecular weight excluding hydrogens is 625 g/mol. The minimum atomic E-state index is -0.445. The van der Waals surface area contributed by atoms with E-state index in [9.17, 15) is 14.7 Å². The fraction of sp³-hybridized carbons (Fsp3) is 0.381. The molecule has 0 amide bonds. The van der Waals surface area contributed by atoms with Crippen molar-refractivity contribution in [2.45, 2.75) is 38.0 Å². The van der Waals surface area contributed by atoms with E-state index in [-0.39, 0.29) is 11.9 Å². The first-order chi connectivity index (χ1) is 15.0. The number of phenols is 1. The first kappa shape index (κ1) is 24.2. The lowest BCUT2D eigenvalue weighted by molar-refractivity contribution is 0.0793. The number of hydrogen-bond acceptors (Lipinski definition) is 7. The van der Waals surface area contributed by atoms with Crippen molar-refractivity contribution >= 4 is 65.1 Å². The van der Waals surface area contributed by atoms with Crippen LogP contribution in [0.2, 0.25) is 6.32 Å². The molecule has 1 heterocycles. The van der Waals surface area contributed by atoms with Crippen LogP contribution in [0, 0.1) is 0 Å². The van der Waals surface area contributed by atoms with Crippen molar-refractivity contribution in [3.8, 4) is 5.75 Å². The van der Waals surface area contributed by atoms with E-state index >= 15 is 0 Å². The molecule has 1 aliphatic rings. The second kappa shape index (κ2) is 12.0. The predicted octanol–water partition coefficient (Wildman–Crippen LogP) is 4.56. The van der Waals surface area contributed by atoms with E-state index in [0.717, 1.165) is 49.2 Å². The number of nitrogens with zero attached hydrogens (tertiary/aromatic N) is 2. The van der Waals surface area contributed by atoms with E-state index in [1.807, 2.05) is 24.3 Å². The van der Waals surface area contributed by atoms with Crippen molar-refractivity contribution in [1.82, 2.24) is 9.88 Å². The van der Waals surface area contributed by atoms with Gasteiger partial charge in [0.1, 0.15) is 11.4 Å². The predicted molar refractivity (Wildman–Crippen MR) is 135 cm³/mol. The molecule has 0 saturated heterocycles. The van der Waals surface area contributed by atoms with Gasteiger partial charge in [-0.1, -0.05) is 30.6 Å². The summed E-state index contributed by atoms with van der Waals surface area (Å²) in [7, 11) is 0.355. The summed E-state index contributed by atoms with van der Waals surface area (Å²) in [5.41, 5.74) is 3.26. The van der Waals surface area contributed by atoms with Gasteiger partial charge in [-0.05, 0) is 55.5 Å². The van der Waals surface area contributed by atoms with Crippen LogP contribution in [0.4, 0.5) is 4.79 Å². The van der Waals surface area contributed by atoms with Crippen molar-refractivity contribution < 1.29 is 20.8 Å². The Kier molecular flexibility index (Phi) is 9.38. The van der Waals surface area contributed by atoms with Gasteiger partial charge in [0.05, 0.1) is 0 Å². The third-order valence-electron chi connectivity index (χ3n) is 5.55. The zero-order chi connectivity index (χ0) is 22.2. The van der Waals surface area contributed by atoms with E-state index < -0.39 is 5.97 Å². The van der Waals surface area contributed by atoms with Crippen LogP contribution in [0.1, 0.15) is 46.2 Å². The van der Waals surface area contributed by atoms with E-state index in [1.165, 1.54) is 0 Å². The molecule has 0 aliphatic heterocycles. The number of carbonyl (C=O) groups is 2. The number of benzene rings is 1. The van der Waals surface area contributed by atoms with Gasteiger partial charge in [-0.15, -0.1) is 0 Å². The van der Waals surface area contributed by atoms with Gasteiger partial charge >= 0.3 is 5.97 Å². The molecule has 0 spiro atoms. The SMILES string of the molecule is O=C(BCCN(CCc1ccccc1O)C1CCCc2nc(C(=O)OI)ccc21)OI. The normalized spacial score (nSPS) is 15.3. The minimum absolute atomic E-state index is 0.141. The van der Waals surface area contributed by atoms with Crippen LogP contribution in [0.5, 0.6) is 5.75 Å². The van der Waals surface area contributed by atoms with Gasteiger partial charge in [-0.3, -0.25) is 9.69 Å². The molecule has 10 heteroatoms. The summed E-state index contributed by atoms with van der Waals surface area (Å²) in [4.78, 5) is 30.4. The van der Waals surface area contributed by atoms with Gasteiger partial charge in [0.2, 0.25) is 0 Å². The number of halogens is 2. The third kappa shape index (κ3) is 6.54. The zero-order valence-electron chi connectivity index (χ0n) is 16.9. The van der Waals surface area contributed by atoms with Crippen LogP contribution in [0.15, 0.2) is 36.4 Å². The first-order valence-corrected chi connectivity index (χ1v) is 11.9. The number of rotatable bonds is 9. The van der Waals surface area contributed by atoms with Crippen LogP contribution >= 0.6 is 46.0 Å². The monoisotopic (exact) mass is 648 g/mol. The smallest absolute Gasteiger partial charge is 0.366 e. The molecule has 0 saturated carbocycles. The molecular formula is C21H23BI2N2O5. The van der Waals surface area contributed by atoms with Crippen molar-refractivity contribution in [2.24, 2.45) is 0 Å². The average Bonchev–Trinajstić information content (AvgIpc) is 2.80. The molecule has 31 heavy (non-hydrogen) atoms. The highest BCUT2D eigenvalue weighted by molar-refractivity contribution is 14.1. The lowest BCUT2D eigenvalue weighted by atomic mass is 9.74. The topological polar surface area (TPSA) is 89.0 Å². The Labute approximate surface area is 210 Å². The lowest BCUT2D eigenvalue weighted by Crippen LogP contribution is -2.35. The van der Waals surface area contributed by atoms with Crippen LogP contribution < -0.4 is 0 Å². The Balaban J connectivity index is 1.80. The fourth-order valence-corrected chi connectivity index (χ4v) is 4.49.